The third kappa shape index (κ3) is 6.28. The van der Waals surface area contributed by atoms with Gasteiger partial charge >= 0.3 is 0 Å². The number of hydrogen-bond donors (Lipinski definition) is 0. The lowest BCUT2D eigenvalue weighted by atomic mass is 9.68. The van der Waals surface area contributed by atoms with Gasteiger partial charge < -0.3 is 0 Å². The number of rotatable bonds is 7. The van der Waals surface area contributed by atoms with Crippen LogP contribution in [0, 0.1) is 0 Å². The Kier molecular flexibility index (Phi) is 9.18. The van der Waals surface area contributed by atoms with Gasteiger partial charge in [-0.05, 0) is 118 Å². The van der Waals surface area contributed by atoms with Crippen LogP contribution in [0.15, 0.2) is 188 Å². The number of benzene rings is 8. The normalized spacial score (nSPS) is 14.0. The first-order valence-corrected chi connectivity index (χ1v) is 21.9. The highest BCUT2D eigenvalue weighted by molar-refractivity contribution is 5.96. The molecule has 0 radical (unpaired) electrons. The van der Waals surface area contributed by atoms with Gasteiger partial charge in [-0.3, -0.25) is 0 Å². The van der Waals surface area contributed by atoms with E-state index in [1.165, 1.54) is 94.6 Å². The fourth-order valence-electron chi connectivity index (χ4n) is 10.3. The average molecular weight is 775 g/mol. The minimum Gasteiger partial charge on any atom is -0.0622 e. The first kappa shape index (κ1) is 38.0. The van der Waals surface area contributed by atoms with E-state index in [2.05, 4.69) is 230 Å². The largest absolute Gasteiger partial charge is 0.0725 e. The monoisotopic (exact) mass is 774 g/mol. The van der Waals surface area contributed by atoms with Crippen molar-refractivity contribution in [2.45, 2.75) is 76.5 Å². The maximum absolute atomic E-state index is 2.60. The molecule has 2 aliphatic carbocycles. The smallest absolute Gasteiger partial charge is 0.0622 e. The SMILES string of the molecule is CC(C)(C)c1ccc2c(c1)C1(c3ccccc3-c3ccccc31)c1cc(C(C)(C)C)cc(C(CCc3ccc(-c4ccccc4)cc3)c3ccc(-c4ccccc4)cc3)c1-2. The van der Waals surface area contributed by atoms with Crippen LogP contribution < -0.4 is 0 Å². The predicted molar refractivity (Wildman–Crippen MR) is 254 cm³/mol. The summed E-state index contributed by atoms with van der Waals surface area (Å²) < 4.78 is 0. The van der Waals surface area contributed by atoms with Crippen molar-refractivity contribution in [3.8, 4) is 44.5 Å². The molecule has 10 rings (SSSR count). The molecule has 294 valence electrons. The molecule has 0 saturated heterocycles. The minimum absolute atomic E-state index is 0.00112. The van der Waals surface area contributed by atoms with Crippen LogP contribution in [0.5, 0.6) is 0 Å². The molecule has 0 nitrogen and oxygen atoms in total. The van der Waals surface area contributed by atoms with Crippen molar-refractivity contribution in [2.24, 2.45) is 0 Å². The Bertz CT molecular complexity index is 2800. The zero-order chi connectivity index (χ0) is 41.2. The lowest BCUT2D eigenvalue weighted by Crippen LogP contribution is -2.27. The van der Waals surface area contributed by atoms with Crippen molar-refractivity contribution in [2.75, 3.05) is 0 Å². The van der Waals surface area contributed by atoms with Crippen LogP contribution >= 0.6 is 0 Å². The first-order valence-electron chi connectivity index (χ1n) is 21.9. The molecule has 8 aromatic carbocycles. The molecule has 1 unspecified atom stereocenters. The maximum atomic E-state index is 2.60. The van der Waals surface area contributed by atoms with E-state index in [9.17, 15) is 0 Å². The van der Waals surface area contributed by atoms with Gasteiger partial charge in [-0.25, -0.2) is 0 Å². The molecule has 0 heterocycles. The third-order valence-corrected chi connectivity index (χ3v) is 13.5. The Morgan fingerprint density at radius 1 is 0.400 bits per heavy atom. The summed E-state index contributed by atoms with van der Waals surface area (Å²) in [5, 5.41) is 0. The van der Waals surface area contributed by atoms with Gasteiger partial charge in [-0.2, -0.15) is 0 Å². The predicted octanol–water partition coefficient (Wildman–Crippen LogP) is 15.7. The van der Waals surface area contributed by atoms with Crippen LogP contribution in [0.1, 0.15) is 104 Å². The summed E-state index contributed by atoms with van der Waals surface area (Å²) in [6.07, 6.45) is 1.96. The summed E-state index contributed by atoms with van der Waals surface area (Å²) in [6.45, 7) is 14.2. The zero-order valence-electron chi connectivity index (χ0n) is 35.9. The molecule has 1 atom stereocenters. The Balaban J connectivity index is 1.22. The third-order valence-electron chi connectivity index (χ3n) is 13.5. The highest BCUT2D eigenvalue weighted by atomic mass is 14.5. The molecule has 0 aromatic heterocycles. The van der Waals surface area contributed by atoms with Crippen molar-refractivity contribution < 1.29 is 0 Å². The first-order chi connectivity index (χ1) is 29.0. The average Bonchev–Trinajstić information content (AvgIpc) is 3.74. The van der Waals surface area contributed by atoms with Crippen molar-refractivity contribution in [1.29, 1.82) is 0 Å². The van der Waals surface area contributed by atoms with Gasteiger partial charge in [0.05, 0.1) is 5.41 Å². The molecule has 0 heteroatoms. The van der Waals surface area contributed by atoms with Crippen molar-refractivity contribution >= 4 is 0 Å². The summed E-state index contributed by atoms with van der Waals surface area (Å²) >= 11 is 0. The molecule has 0 amide bonds. The van der Waals surface area contributed by atoms with Crippen LogP contribution in [0.25, 0.3) is 44.5 Å². The highest BCUT2D eigenvalue weighted by Crippen LogP contribution is 2.65. The van der Waals surface area contributed by atoms with Gasteiger partial charge in [0.25, 0.3) is 0 Å². The Morgan fingerprint density at radius 3 is 1.43 bits per heavy atom. The van der Waals surface area contributed by atoms with E-state index in [0.29, 0.717) is 0 Å². The molecular formula is C60H54. The van der Waals surface area contributed by atoms with E-state index in [1.807, 2.05) is 0 Å². The van der Waals surface area contributed by atoms with Crippen LogP contribution in [0.4, 0.5) is 0 Å². The minimum atomic E-state index is -0.426. The number of aryl methyl sites for hydroxylation is 1. The summed E-state index contributed by atoms with van der Waals surface area (Å²) in [6, 6.07) is 71.5. The summed E-state index contributed by atoms with van der Waals surface area (Å²) in [5.74, 6) is 0.164. The van der Waals surface area contributed by atoms with Gasteiger partial charge in [0.15, 0.2) is 0 Å². The van der Waals surface area contributed by atoms with Crippen molar-refractivity contribution in [3.63, 3.8) is 0 Å². The zero-order valence-corrected chi connectivity index (χ0v) is 35.9. The standard InChI is InChI=1S/C60H54/c1-58(2,3)46-34-36-51-55(38-46)60(53-23-15-13-21-49(53)50-22-14-16-24-54(50)60)56-39-47(59(4,5)6)37-52(57(51)56)48(45-32-30-44(31-33-45)42-19-11-8-12-20-42)35-27-40-25-28-43(29-26-40)41-17-9-7-10-18-41/h7-26,28-34,36-39,48H,27,35H2,1-6H3. The van der Waals surface area contributed by atoms with Gasteiger partial charge in [0, 0.05) is 5.92 Å². The molecule has 0 N–H and O–H groups in total. The quantitative estimate of drug-likeness (QED) is 0.151. The Hall–Kier alpha value is -6.24. The fourth-order valence-corrected chi connectivity index (χ4v) is 10.3. The highest BCUT2D eigenvalue weighted by Gasteiger charge is 2.53. The second-order valence-electron chi connectivity index (χ2n) is 19.2. The molecule has 0 fully saturated rings. The molecule has 0 saturated carbocycles. The lowest BCUT2D eigenvalue weighted by molar-refractivity contribution is 0.584. The van der Waals surface area contributed by atoms with E-state index < -0.39 is 5.41 Å². The second-order valence-corrected chi connectivity index (χ2v) is 19.2. The molecule has 8 aromatic rings. The van der Waals surface area contributed by atoms with Crippen LogP contribution in [0.2, 0.25) is 0 Å². The second kappa shape index (κ2) is 14.5. The molecule has 2 aliphatic rings. The topological polar surface area (TPSA) is 0 Å². The number of fused-ring (bicyclic) bond motifs is 10. The molecule has 0 aliphatic heterocycles. The van der Waals surface area contributed by atoms with E-state index in [4.69, 9.17) is 0 Å². The van der Waals surface area contributed by atoms with Crippen LogP contribution in [-0.4, -0.2) is 0 Å². The Labute approximate surface area is 357 Å². The van der Waals surface area contributed by atoms with Gasteiger partial charge in [-0.15, -0.1) is 0 Å². The molecule has 0 bridgehead atoms. The lowest BCUT2D eigenvalue weighted by Gasteiger charge is -2.33. The molecular weight excluding hydrogens is 721 g/mol. The van der Waals surface area contributed by atoms with Crippen LogP contribution in [0.3, 0.4) is 0 Å². The summed E-state index contributed by atoms with van der Waals surface area (Å²) in [7, 11) is 0. The van der Waals surface area contributed by atoms with Crippen molar-refractivity contribution in [3.05, 3.63) is 238 Å². The maximum Gasteiger partial charge on any atom is 0.0725 e. The van der Waals surface area contributed by atoms with Crippen molar-refractivity contribution in [1.82, 2.24) is 0 Å². The number of hydrogen-bond acceptors (Lipinski definition) is 0. The van der Waals surface area contributed by atoms with Gasteiger partial charge in [0.1, 0.15) is 0 Å². The van der Waals surface area contributed by atoms with Gasteiger partial charge in [0.2, 0.25) is 0 Å². The fraction of sp³-hybridized carbons (Fsp3) is 0.200. The molecule has 1 spiro atoms. The summed E-state index contributed by atoms with van der Waals surface area (Å²) in [4.78, 5) is 0. The van der Waals surface area contributed by atoms with Crippen LogP contribution in [-0.2, 0) is 22.7 Å². The van der Waals surface area contributed by atoms with E-state index in [-0.39, 0.29) is 16.7 Å². The van der Waals surface area contributed by atoms with E-state index in [1.54, 1.807) is 0 Å². The van der Waals surface area contributed by atoms with E-state index >= 15 is 0 Å². The Morgan fingerprint density at radius 2 is 0.883 bits per heavy atom. The molecule has 60 heavy (non-hydrogen) atoms. The summed E-state index contributed by atoms with van der Waals surface area (Å²) in [5.41, 5.74) is 22.6. The van der Waals surface area contributed by atoms with Gasteiger partial charge in [-0.1, -0.05) is 230 Å². The van der Waals surface area contributed by atoms with E-state index in [0.717, 1.165) is 12.8 Å².